The molecule has 0 atom stereocenters. The van der Waals surface area contributed by atoms with Gasteiger partial charge in [-0.15, -0.1) is 0 Å². The first-order valence-corrected chi connectivity index (χ1v) is 10.3. The van der Waals surface area contributed by atoms with Gasteiger partial charge >= 0.3 is 0 Å². The second-order valence-corrected chi connectivity index (χ2v) is 7.60. The van der Waals surface area contributed by atoms with Crippen LogP contribution in [0.4, 0.5) is 0 Å². The van der Waals surface area contributed by atoms with E-state index in [0.29, 0.717) is 36.7 Å². The summed E-state index contributed by atoms with van der Waals surface area (Å²) >= 11 is 1.49. The molecule has 1 heterocycles. The van der Waals surface area contributed by atoms with E-state index in [-0.39, 0.29) is 5.91 Å². The smallest absolute Gasteiger partial charge is 0.279 e. The van der Waals surface area contributed by atoms with Crippen molar-refractivity contribution < 1.29 is 14.3 Å². The van der Waals surface area contributed by atoms with Gasteiger partial charge in [-0.3, -0.25) is 4.79 Å². The molecule has 0 aliphatic carbocycles. The lowest BCUT2D eigenvalue weighted by Gasteiger charge is -2.07. The van der Waals surface area contributed by atoms with E-state index in [1.807, 2.05) is 68.7 Å². The zero-order chi connectivity index (χ0) is 20.1. The van der Waals surface area contributed by atoms with Gasteiger partial charge in [0, 0.05) is 18.7 Å². The number of amides is 1. The molecular formula is C22H26N2O3S. The Morgan fingerprint density at radius 3 is 2.50 bits per heavy atom. The number of benzene rings is 2. The molecule has 0 saturated carbocycles. The number of fused-ring (bicyclic) bond motifs is 1. The summed E-state index contributed by atoms with van der Waals surface area (Å²) in [5.74, 6) is 0.592. The second-order valence-electron chi connectivity index (χ2n) is 6.59. The Kier molecular flexibility index (Phi) is 6.65. The maximum absolute atomic E-state index is 12.8. The molecule has 0 spiro atoms. The quantitative estimate of drug-likeness (QED) is 0.551. The van der Waals surface area contributed by atoms with Crippen molar-refractivity contribution in [2.24, 2.45) is 4.99 Å². The monoisotopic (exact) mass is 398 g/mol. The van der Waals surface area contributed by atoms with Crippen LogP contribution in [-0.2, 0) is 11.3 Å². The van der Waals surface area contributed by atoms with E-state index >= 15 is 0 Å². The lowest BCUT2D eigenvalue weighted by atomic mass is 10.1. The van der Waals surface area contributed by atoms with Gasteiger partial charge in [-0.05, 0) is 58.0 Å². The van der Waals surface area contributed by atoms with Gasteiger partial charge in [-0.25, -0.2) is 0 Å². The zero-order valence-corrected chi connectivity index (χ0v) is 17.6. The summed E-state index contributed by atoms with van der Waals surface area (Å²) in [5.41, 5.74) is 3.75. The van der Waals surface area contributed by atoms with Crippen LogP contribution in [0.3, 0.4) is 0 Å². The molecule has 0 aliphatic rings. The zero-order valence-electron chi connectivity index (χ0n) is 16.8. The highest BCUT2D eigenvalue weighted by molar-refractivity contribution is 7.16. The maximum atomic E-state index is 12.8. The van der Waals surface area contributed by atoms with Gasteiger partial charge in [0.1, 0.15) is 5.75 Å². The molecule has 0 fully saturated rings. The largest absolute Gasteiger partial charge is 0.494 e. The number of aryl methyl sites for hydroxylation is 2. The molecule has 0 saturated heterocycles. The average molecular weight is 399 g/mol. The van der Waals surface area contributed by atoms with Crippen molar-refractivity contribution in [2.45, 2.75) is 34.2 Å². The van der Waals surface area contributed by atoms with Crippen LogP contribution < -0.4 is 9.54 Å². The van der Waals surface area contributed by atoms with Crippen molar-refractivity contribution in [2.75, 3.05) is 19.8 Å². The van der Waals surface area contributed by atoms with E-state index < -0.39 is 0 Å². The van der Waals surface area contributed by atoms with Gasteiger partial charge in [0.05, 0.1) is 23.4 Å². The summed E-state index contributed by atoms with van der Waals surface area (Å²) in [6, 6.07) is 11.8. The molecule has 0 radical (unpaired) electrons. The minimum Gasteiger partial charge on any atom is -0.494 e. The number of hydrogen-bond donors (Lipinski definition) is 0. The van der Waals surface area contributed by atoms with Crippen LogP contribution in [0.25, 0.3) is 10.2 Å². The molecule has 1 aromatic heterocycles. The normalized spacial score (nSPS) is 11.9. The standard InChI is InChI=1S/C22H26N2O3S/c1-5-26-10-9-24-19-8-7-18(27-6-2)14-20(19)28-22(24)23-21(25)17-12-15(3)11-16(4)13-17/h7-8,11-14H,5-6,9-10H2,1-4H3. The lowest BCUT2D eigenvalue weighted by molar-refractivity contribution is 0.0996. The topological polar surface area (TPSA) is 52.8 Å². The molecule has 3 rings (SSSR count). The third kappa shape index (κ3) is 4.69. The molecule has 0 unspecified atom stereocenters. The lowest BCUT2D eigenvalue weighted by Crippen LogP contribution is -2.19. The molecule has 148 valence electrons. The van der Waals surface area contributed by atoms with Gasteiger partial charge < -0.3 is 14.0 Å². The molecule has 2 aromatic carbocycles. The summed E-state index contributed by atoms with van der Waals surface area (Å²) in [6.07, 6.45) is 0. The number of thiazole rings is 1. The SMILES string of the molecule is CCOCCn1c(=NC(=O)c2cc(C)cc(C)c2)sc2cc(OCC)ccc21. The summed E-state index contributed by atoms with van der Waals surface area (Å²) in [7, 11) is 0. The van der Waals surface area contributed by atoms with E-state index in [0.717, 1.165) is 27.1 Å². The van der Waals surface area contributed by atoms with Crippen LogP contribution >= 0.6 is 11.3 Å². The molecule has 3 aromatic rings. The Labute approximate surface area is 169 Å². The average Bonchev–Trinajstić information content (AvgIpc) is 2.98. The van der Waals surface area contributed by atoms with Gasteiger partial charge in [0.25, 0.3) is 5.91 Å². The highest BCUT2D eigenvalue weighted by Crippen LogP contribution is 2.23. The highest BCUT2D eigenvalue weighted by atomic mass is 32.1. The Morgan fingerprint density at radius 2 is 1.82 bits per heavy atom. The van der Waals surface area contributed by atoms with E-state index in [2.05, 4.69) is 4.99 Å². The third-order valence-electron chi connectivity index (χ3n) is 4.29. The minimum absolute atomic E-state index is 0.228. The van der Waals surface area contributed by atoms with Crippen LogP contribution in [0.15, 0.2) is 41.4 Å². The van der Waals surface area contributed by atoms with Gasteiger partial charge in [0.2, 0.25) is 0 Å². The van der Waals surface area contributed by atoms with Crippen LogP contribution in [0.5, 0.6) is 5.75 Å². The fourth-order valence-corrected chi connectivity index (χ4v) is 4.24. The van der Waals surface area contributed by atoms with Crippen LogP contribution in [0.2, 0.25) is 0 Å². The molecule has 0 N–H and O–H groups in total. The van der Waals surface area contributed by atoms with Crippen molar-refractivity contribution in [1.29, 1.82) is 0 Å². The third-order valence-corrected chi connectivity index (χ3v) is 5.34. The highest BCUT2D eigenvalue weighted by Gasteiger charge is 2.11. The summed E-state index contributed by atoms with van der Waals surface area (Å²) in [5, 5.41) is 0. The fraction of sp³-hybridized carbons (Fsp3) is 0.364. The number of rotatable bonds is 7. The Morgan fingerprint density at radius 1 is 1.07 bits per heavy atom. The second kappa shape index (κ2) is 9.17. The number of nitrogens with zero attached hydrogens (tertiary/aromatic N) is 2. The van der Waals surface area contributed by atoms with Gasteiger partial charge in [-0.1, -0.05) is 28.5 Å². The predicted molar refractivity (Wildman–Crippen MR) is 113 cm³/mol. The first kappa shape index (κ1) is 20.3. The Bertz CT molecular complexity index is 1030. The van der Waals surface area contributed by atoms with E-state index in [4.69, 9.17) is 9.47 Å². The van der Waals surface area contributed by atoms with Crippen molar-refractivity contribution >= 4 is 27.5 Å². The Hall–Kier alpha value is -2.44. The number of carbonyl (C=O) groups is 1. The number of ether oxygens (including phenoxy) is 2. The van der Waals surface area contributed by atoms with Crippen molar-refractivity contribution in [3.05, 3.63) is 57.9 Å². The molecule has 28 heavy (non-hydrogen) atoms. The molecule has 0 aliphatic heterocycles. The summed E-state index contributed by atoms with van der Waals surface area (Å²) in [6.45, 7) is 10.4. The predicted octanol–water partition coefficient (Wildman–Crippen LogP) is 4.50. The van der Waals surface area contributed by atoms with Crippen molar-refractivity contribution in [3.63, 3.8) is 0 Å². The molecule has 6 heteroatoms. The number of carbonyl (C=O) groups excluding carboxylic acids is 1. The van der Waals surface area contributed by atoms with Crippen molar-refractivity contribution in [1.82, 2.24) is 4.57 Å². The van der Waals surface area contributed by atoms with E-state index in [9.17, 15) is 4.79 Å². The van der Waals surface area contributed by atoms with Gasteiger partial charge in [-0.2, -0.15) is 4.99 Å². The van der Waals surface area contributed by atoms with E-state index in [1.165, 1.54) is 11.3 Å². The number of hydrogen-bond acceptors (Lipinski definition) is 4. The summed E-state index contributed by atoms with van der Waals surface area (Å²) < 4.78 is 14.2. The fourth-order valence-electron chi connectivity index (χ4n) is 3.16. The Balaban J connectivity index is 2.07. The maximum Gasteiger partial charge on any atom is 0.279 e. The van der Waals surface area contributed by atoms with Crippen LogP contribution in [0, 0.1) is 13.8 Å². The minimum atomic E-state index is -0.228. The van der Waals surface area contributed by atoms with Crippen LogP contribution in [0.1, 0.15) is 35.3 Å². The molecular weight excluding hydrogens is 372 g/mol. The van der Waals surface area contributed by atoms with E-state index in [1.54, 1.807) is 0 Å². The van der Waals surface area contributed by atoms with Crippen molar-refractivity contribution in [3.8, 4) is 5.75 Å². The number of aromatic nitrogens is 1. The molecule has 5 nitrogen and oxygen atoms in total. The molecule has 1 amide bonds. The first-order chi connectivity index (χ1) is 13.5. The summed E-state index contributed by atoms with van der Waals surface area (Å²) in [4.78, 5) is 17.9. The molecule has 0 bridgehead atoms. The first-order valence-electron chi connectivity index (χ1n) is 9.53. The van der Waals surface area contributed by atoms with Gasteiger partial charge in [0.15, 0.2) is 4.80 Å². The van der Waals surface area contributed by atoms with Crippen LogP contribution in [-0.4, -0.2) is 30.3 Å².